The molecule has 4 aromatic rings. The van der Waals surface area contributed by atoms with Gasteiger partial charge in [0.15, 0.2) is 11.5 Å². The van der Waals surface area contributed by atoms with Crippen LogP contribution in [0.15, 0.2) is 78.9 Å². The van der Waals surface area contributed by atoms with Crippen LogP contribution in [0.4, 0.5) is 0 Å². The number of benzene rings is 4. The van der Waals surface area contributed by atoms with Crippen molar-refractivity contribution in [3.63, 3.8) is 0 Å². The number of aliphatic hydroxyl groups excluding tert-OH is 1. The average molecular weight is 497 g/mol. The van der Waals surface area contributed by atoms with E-state index in [1.165, 1.54) is 12.1 Å². The second kappa shape index (κ2) is 7.82. The van der Waals surface area contributed by atoms with Gasteiger partial charge in [-0.15, -0.1) is 0 Å². The van der Waals surface area contributed by atoms with Crippen LogP contribution in [-0.2, 0) is 12.2 Å². The highest BCUT2D eigenvalue weighted by Crippen LogP contribution is 2.60. The summed E-state index contributed by atoms with van der Waals surface area (Å²) in [7, 11) is 0. The number of phenols is 3. The molecule has 7 nitrogen and oxygen atoms in total. The third kappa shape index (κ3) is 3.24. The van der Waals surface area contributed by atoms with E-state index in [9.17, 15) is 20.4 Å². The molecule has 0 spiro atoms. The topological polar surface area (TPSA) is 109 Å². The van der Waals surface area contributed by atoms with Crippen molar-refractivity contribution in [3.05, 3.63) is 107 Å². The van der Waals surface area contributed by atoms with Crippen LogP contribution in [0.2, 0.25) is 0 Å². The molecule has 3 heterocycles. The number of phenolic OH excluding ortho intramolecular Hbond substituents is 3. The van der Waals surface area contributed by atoms with Crippen molar-refractivity contribution in [2.75, 3.05) is 0 Å². The summed E-state index contributed by atoms with van der Waals surface area (Å²) in [5.74, 6) is -0.199. The van der Waals surface area contributed by atoms with Crippen LogP contribution in [0.1, 0.15) is 46.3 Å². The van der Waals surface area contributed by atoms with Gasteiger partial charge < -0.3 is 34.6 Å². The van der Waals surface area contributed by atoms with Gasteiger partial charge in [0, 0.05) is 47.1 Å². The SMILES string of the molecule is Oc1ccc([C@H]2Oc3c(c(O)cc4c3[C@@H]3C[C@@](c5ccccc5)(Oc5ccccc53)O4)C[C@@H]2O)cc1O. The minimum Gasteiger partial charge on any atom is -0.507 e. The Kier molecular flexibility index (Phi) is 4.62. The lowest BCUT2D eigenvalue weighted by molar-refractivity contribution is -0.149. The van der Waals surface area contributed by atoms with E-state index in [0.717, 1.165) is 16.7 Å². The number of aromatic hydroxyl groups is 3. The molecule has 7 heteroatoms. The summed E-state index contributed by atoms with van der Waals surface area (Å²) in [4.78, 5) is 0. The van der Waals surface area contributed by atoms with Crippen LogP contribution in [-0.4, -0.2) is 26.5 Å². The number of hydrogen-bond acceptors (Lipinski definition) is 7. The Bertz CT molecular complexity index is 1530. The van der Waals surface area contributed by atoms with Crippen molar-refractivity contribution in [3.8, 4) is 34.5 Å². The number of hydrogen-bond donors (Lipinski definition) is 4. The molecule has 0 saturated carbocycles. The van der Waals surface area contributed by atoms with Crippen molar-refractivity contribution in [2.24, 2.45) is 0 Å². The molecule has 0 saturated heterocycles. The zero-order valence-corrected chi connectivity index (χ0v) is 19.7. The van der Waals surface area contributed by atoms with Gasteiger partial charge in [0.25, 0.3) is 5.79 Å². The van der Waals surface area contributed by atoms with E-state index in [-0.39, 0.29) is 29.6 Å². The van der Waals surface area contributed by atoms with Crippen molar-refractivity contribution >= 4 is 0 Å². The van der Waals surface area contributed by atoms with E-state index in [1.54, 1.807) is 12.1 Å². The van der Waals surface area contributed by atoms with E-state index in [0.29, 0.717) is 34.8 Å². The molecular formula is C30H24O7. The lowest BCUT2D eigenvalue weighted by atomic mass is 9.76. The van der Waals surface area contributed by atoms with E-state index in [4.69, 9.17) is 14.2 Å². The van der Waals surface area contributed by atoms with Gasteiger partial charge in [-0.2, -0.15) is 0 Å². The van der Waals surface area contributed by atoms with Gasteiger partial charge in [0.1, 0.15) is 29.1 Å². The Hall–Kier alpha value is -4.36. The maximum atomic E-state index is 11.0. The highest BCUT2D eigenvalue weighted by Gasteiger charge is 2.52. The quantitative estimate of drug-likeness (QED) is 0.289. The molecule has 37 heavy (non-hydrogen) atoms. The number of fused-ring (bicyclic) bond motifs is 8. The normalized spacial score (nSPS) is 24.9. The first-order valence-electron chi connectivity index (χ1n) is 12.2. The predicted molar refractivity (Wildman–Crippen MR) is 133 cm³/mol. The smallest absolute Gasteiger partial charge is 0.278 e. The maximum Gasteiger partial charge on any atom is 0.278 e. The molecular weight excluding hydrogens is 472 g/mol. The van der Waals surface area contributed by atoms with Gasteiger partial charge in [-0.25, -0.2) is 0 Å². The lowest BCUT2D eigenvalue weighted by Gasteiger charge is -2.47. The molecule has 3 aliphatic heterocycles. The fourth-order valence-electron chi connectivity index (χ4n) is 5.84. The summed E-state index contributed by atoms with van der Waals surface area (Å²) in [5, 5.41) is 41.8. The predicted octanol–water partition coefficient (Wildman–Crippen LogP) is 5.00. The van der Waals surface area contributed by atoms with Gasteiger partial charge in [-0.05, 0) is 23.8 Å². The minimum atomic E-state index is -1.08. The third-order valence-corrected chi connectivity index (χ3v) is 7.58. The summed E-state index contributed by atoms with van der Waals surface area (Å²) in [6.07, 6.45) is -1.15. The monoisotopic (exact) mass is 496 g/mol. The molecule has 4 atom stereocenters. The number of ether oxygens (including phenoxy) is 3. The average Bonchev–Trinajstić information content (AvgIpc) is 2.91. The summed E-state index contributed by atoms with van der Waals surface area (Å²) in [6.45, 7) is 0. The molecule has 0 amide bonds. The van der Waals surface area contributed by atoms with Crippen LogP contribution >= 0.6 is 0 Å². The zero-order chi connectivity index (χ0) is 25.3. The Morgan fingerprint density at radius 2 is 1.51 bits per heavy atom. The fraction of sp³-hybridized carbons (Fsp3) is 0.200. The van der Waals surface area contributed by atoms with Crippen molar-refractivity contribution in [1.29, 1.82) is 0 Å². The second-order valence-electron chi connectivity index (χ2n) is 9.79. The van der Waals surface area contributed by atoms with Gasteiger partial charge in [0.2, 0.25) is 0 Å². The lowest BCUT2D eigenvalue weighted by Crippen LogP contribution is -2.47. The Morgan fingerprint density at radius 3 is 2.32 bits per heavy atom. The molecule has 186 valence electrons. The summed E-state index contributed by atoms with van der Waals surface area (Å²) >= 11 is 0. The van der Waals surface area contributed by atoms with Crippen molar-refractivity contribution in [2.45, 2.75) is 36.8 Å². The van der Waals surface area contributed by atoms with Crippen LogP contribution < -0.4 is 14.2 Å². The standard InChI is InChI=1S/C30H24O7/c31-21-11-10-16(12-23(21)33)28-24(34)13-19-22(32)14-26-27(29(19)35-28)20-15-30(37-26,17-6-2-1-3-7-17)36-25-9-5-4-8-18(20)25/h1-12,14,20,24,28,31-34H,13,15H2/t20-,24+,28-,30-/m1/s1. The molecule has 0 aromatic heterocycles. The summed E-state index contributed by atoms with van der Waals surface area (Å²) in [6, 6.07) is 23.5. The van der Waals surface area contributed by atoms with E-state index in [1.807, 2.05) is 54.6 Å². The van der Waals surface area contributed by atoms with Crippen LogP contribution in [0.5, 0.6) is 34.5 Å². The largest absolute Gasteiger partial charge is 0.507 e. The molecule has 2 bridgehead atoms. The van der Waals surface area contributed by atoms with Crippen LogP contribution in [0.3, 0.4) is 0 Å². The molecule has 0 unspecified atom stereocenters. The molecule has 3 aliphatic rings. The van der Waals surface area contributed by atoms with Gasteiger partial charge in [-0.1, -0.05) is 54.6 Å². The van der Waals surface area contributed by atoms with Gasteiger partial charge in [-0.3, -0.25) is 0 Å². The summed E-state index contributed by atoms with van der Waals surface area (Å²) < 4.78 is 19.5. The highest BCUT2D eigenvalue weighted by atomic mass is 16.7. The first-order valence-corrected chi connectivity index (χ1v) is 12.2. The number of aliphatic hydroxyl groups is 1. The number of para-hydroxylation sites is 1. The second-order valence-corrected chi connectivity index (χ2v) is 9.79. The third-order valence-electron chi connectivity index (χ3n) is 7.58. The first kappa shape index (κ1) is 21.9. The molecule has 0 radical (unpaired) electrons. The van der Waals surface area contributed by atoms with Crippen molar-refractivity contribution in [1.82, 2.24) is 0 Å². The zero-order valence-electron chi connectivity index (χ0n) is 19.7. The Morgan fingerprint density at radius 1 is 0.757 bits per heavy atom. The maximum absolute atomic E-state index is 11.0. The van der Waals surface area contributed by atoms with Gasteiger partial charge >= 0.3 is 0 Å². The highest BCUT2D eigenvalue weighted by molar-refractivity contribution is 5.64. The molecule has 4 N–H and O–H groups in total. The first-order chi connectivity index (χ1) is 17.9. The molecule has 7 rings (SSSR count). The summed E-state index contributed by atoms with van der Waals surface area (Å²) in [5.41, 5.74) is 3.65. The molecule has 0 fully saturated rings. The minimum absolute atomic E-state index is 0.0312. The molecule has 4 aromatic carbocycles. The van der Waals surface area contributed by atoms with Crippen LogP contribution in [0.25, 0.3) is 0 Å². The molecule has 0 aliphatic carbocycles. The fourth-order valence-corrected chi connectivity index (χ4v) is 5.84. The van der Waals surface area contributed by atoms with E-state index >= 15 is 0 Å². The van der Waals surface area contributed by atoms with Crippen molar-refractivity contribution < 1.29 is 34.6 Å². The number of rotatable bonds is 2. The Labute approximate surface area is 212 Å². The van der Waals surface area contributed by atoms with Crippen LogP contribution in [0, 0.1) is 0 Å². The Balaban J connectivity index is 1.41. The van der Waals surface area contributed by atoms with Gasteiger partial charge in [0.05, 0.1) is 6.10 Å². The van der Waals surface area contributed by atoms with E-state index in [2.05, 4.69) is 0 Å². The van der Waals surface area contributed by atoms with E-state index < -0.39 is 18.0 Å².